The van der Waals surface area contributed by atoms with Crippen LogP contribution in [0.2, 0.25) is 0 Å². The predicted molar refractivity (Wildman–Crippen MR) is 128 cm³/mol. The number of carbonyl (C=O) groups excluding carboxylic acids is 1. The molecule has 2 saturated heterocycles. The van der Waals surface area contributed by atoms with Crippen LogP contribution in [0, 0.1) is 13.8 Å². The minimum Gasteiger partial charge on any atom is -0.496 e. The number of hydrogen-bond donors (Lipinski definition) is 1. The highest BCUT2D eigenvalue weighted by atomic mass is 16.5. The third-order valence-electron chi connectivity index (χ3n) is 6.84. The van der Waals surface area contributed by atoms with Crippen LogP contribution in [0.4, 0.5) is 5.82 Å². The Morgan fingerprint density at radius 2 is 2.00 bits per heavy atom. The third kappa shape index (κ3) is 4.04. The smallest absolute Gasteiger partial charge is 0.258 e. The van der Waals surface area contributed by atoms with Crippen molar-refractivity contribution in [1.29, 1.82) is 0 Å². The van der Waals surface area contributed by atoms with Gasteiger partial charge in [-0.15, -0.1) is 0 Å². The summed E-state index contributed by atoms with van der Waals surface area (Å²) in [5.74, 6) is 1.58. The molecule has 2 atom stereocenters. The van der Waals surface area contributed by atoms with Crippen molar-refractivity contribution in [3.8, 4) is 5.75 Å². The monoisotopic (exact) mass is 448 g/mol. The van der Waals surface area contributed by atoms with Crippen molar-refractivity contribution in [2.24, 2.45) is 5.73 Å². The summed E-state index contributed by atoms with van der Waals surface area (Å²) in [6.07, 6.45) is 5.95. The van der Waals surface area contributed by atoms with Gasteiger partial charge in [-0.25, -0.2) is 9.50 Å². The molecular weight excluding hydrogens is 416 g/mol. The van der Waals surface area contributed by atoms with Gasteiger partial charge in [-0.1, -0.05) is 11.6 Å². The number of amides is 1. The van der Waals surface area contributed by atoms with Gasteiger partial charge in [0.2, 0.25) is 0 Å². The first kappa shape index (κ1) is 21.7. The third-order valence-corrected chi connectivity index (χ3v) is 6.84. The zero-order valence-electron chi connectivity index (χ0n) is 19.6. The lowest BCUT2D eigenvalue weighted by Crippen LogP contribution is -2.39. The maximum absolute atomic E-state index is 13.6. The minimum atomic E-state index is -0.0814. The maximum Gasteiger partial charge on any atom is 0.258 e. The fourth-order valence-electron chi connectivity index (χ4n) is 5.11. The summed E-state index contributed by atoms with van der Waals surface area (Å²) in [5.41, 5.74) is 10.5. The summed E-state index contributed by atoms with van der Waals surface area (Å²) < 4.78 is 7.34. The summed E-state index contributed by atoms with van der Waals surface area (Å²) >= 11 is 0. The Morgan fingerprint density at radius 3 is 2.76 bits per heavy atom. The molecule has 0 saturated carbocycles. The number of ether oxygens (including phenoxy) is 1. The number of anilines is 1. The van der Waals surface area contributed by atoms with Crippen LogP contribution in [0.25, 0.3) is 5.65 Å². The van der Waals surface area contributed by atoms with E-state index >= 15 is 0 Å². The number of aryl methyl sites for hydroxylation is 2. The molecule has 8 nitrogen and oxygen atoms in total. The highest BCUT2D eigenvalue weighted by molar-refractivity contribution is 5.97. The average molecular weight is 449 g/mol. The molecule has 1 aromatic carbocycles. The van der Waals surface area contributed by atoms with Crippen LogP contribution in [-0.2, 0) is 0 Å². The van der Waals surface area contributed by atoms with Crippen LogP contribution < -0.4 is 15.4 Å². The Labute approximate surface area is 194 Å². The molecular formula is C25H32N6O2. The highest BCUT2D eigenvalue weighted by Gasteiger charge is 2.32. The number of likely N-dealkylation sites (tertiary alicyclic amines) is 1. The molecule has 4 heterocycles. The number of methoxy groups -OCH3 is 1. The highest BCUT2D eigenvalue weighted by Crippen LogP contribution is 2.34. The normalized spacial score (nSPS) is 21.1. The van der Waals surface area contributed by atoms with Gasteiger partial charge in [0.05, 0.1) is 24.4 Å². The molecule has 33 heavy (non-hydrogen) atoms. The van der Waals surface area contributed by atoms with Gasteiger partial charge >= 0.3 is 0 Å². The van der Waals surface area contributed by atoms with Crippen LogP contribution >= 0.6 is 0 Å². The van der Waals surface area contributed by atoms with E-state index in [9.17, 15) is 4.79 Å². The number of aromatic nitrogens is 3. The van der Waals surface area contributed by atoms with Crippen molar-refractivity contribution in [3.63, 3.8) is 0 Å². The molecule has 2 N–H and O–H groups in total. The Kier molecular flexibility index (Phi) is 5.70. The molecule has 8 heteroatoms. The number of rotatable bonds is 4. The number of piperidine rings is 1. The van der Waals surface area contributed by atoms with E-state index in [2.05, 4.69) is 11.8 Å². The van der Waals surface area contributed by atoms with E-state index in [0.717, 1.165) is 67.1 Å². The molecule has 1 amide bonds. The lowest BCUT2D eigenvalue weighted by atomic mass is 9.97. The summed E-state index contributed by atoms with van der Waals surface area (Å²) in [7, 11) is 1.61. The molecule has 2 fully saturated rings. The molecule has 5 rings (SSSR count). The summed E-state index contributed by atoms with van der Waals surface area (Å²) in [6, 6.07) is 7.89. The summed E-state index contributed by atoms with van der Waals surface area (Å²) in [6.45, 7) is 6.51. The Balaban J connectivity index is 1.48. The zero-order valence-corrected chi connectivity index (χ0v) is 19.6. The molecule has 3 aromatic rings. The molecule has 174 valence electrons. The van der Waals surface area contributed by atoms with E-state index in [1.165, 1.54) is 0 Å². The number of fused-ring (bicyclic) bond motifs is 1. The Morgan fingerprint density at radius 1 is 1.15 bits per heavy atom. The standard InChI is InChI=1S/C25H32N6O2/c1-16-7-8-22(33-3)19(12-16)25(32)30-10-5-4-6-21(30)20-13-23-27-24(17(2)14-31(23)28-20)29-11-9-18(26)15-29/h7-8,12-14,18,21H,4-6,9-11,15,26H2,1-3H3/t18-,21+/m0/s1. The second-order valence-corrected chi connectivity index (χ2v) is 9.33. The van der Waals surface area contributed by atoms with Gasteiger partial charge in [-0.05, 0) is 51.7 Å². The zero-order chi connectivity index (χ0) is 23.1. The molecule has 0 aliphatic carbocycles. The SMILES string of the molecule is COc1ccc(C)cc1C(=O)N1CCCC[C@@H]1c1cc2nc(N3CC[C@H](N)C3)c(C)cn2n1. The quantitative estimate of drug-likeness (QED) is 0.659. The van der Waals surface area contributed by atoms with Gasteiger partial charge in [-0.3, -0.25) is 4.79 Å². The molecule has 0 radical (unpaired) electrons. The van der Waals surface area contributed by atoms with Gasteiger partial charge in [0.25, 0.3) is 5.91 Å². The second kappa shape index (κ2) is 8.67. The van der Waals surface area contributed by atoms with Crippen LogP contribution in [0.3, 0.4) is 0 Å². The topological polar surface area (TPSA) is 89.0 Å². The fraction of sp³-hybridized carbons (Fsp3) is 0.480. The number of nitrogens with zero attached hydrogens (tertiary/aromatic N) is 5. The first-order chi connectivity index (χ1) is 15.9. The number of carbonyl (C=O) groups is 1. The van der Waals surface area contributed by atoms with Crippen molar-refractivity contribution in [2.75, 3.05) is 31.6 Å². The van der Waals surface area contributed by atoms with Crippen LogP contribution in [0.1, 0.15) is 58.9 Å². The molecule has 2 aliphatic heterocycles. The van der Waals surface area contributed by atoms with Gasteiger partial charge in [0.1, 0.15) is 11.6 Å². The number of nitrogens with two attached hydrogens (primary N) is 1. The summed E-state index contributed by atoms with van der Waals surface area (Å²) in [5, 5.41) is 4.85. The van der Waals surface area contributed by atoms with Gasteiger partial charge in [0.15, 0.2) is 5.65 Å². The average Bonchev–Trinajstić information content (AvgIpc) is 3.43. The Hall–Kier alpha value is -3.13. The predicted octanol–water partition coefficient (Wildman–Crippen LogP) is 3.26. The van der Waals surface area contributed by atoms with E-state index in [1.54, 1.807) is 7.11 Å². The number of hydrogen-bond acceptors (Lipinski definition) is 6. The fourth-order valence-corrected chi connectivity index (χ4v) is 5.11. The van der Waals surface area contributed by atoms with Gasteiger partial charge in [0, 0.05) is 43.5 Å². The first-order valence-electron chi connectivity index (χ1n) is 11.8. The van der Waals surface area contributed by atoms with E-state index in [1.807, 2.05) is 46.8 Å². The lowest BCUT2D eigenvalue weighted by molar-refractivity contribution is 0.0602. The van der Waals surface area contributed by atoms with Crippen molar-refractivity contribution in [2.45, 2.75) is 51.6 Å². The van der Waals surface area contributed by atoms with Crippen molar-refractivity contribution in [3.05, 3.63) is 52.8 Å². The lowest BCUT2D eigenvalue weighted by Gasteiger charge is -2.35. The van der Waals surface area contributed by atoms with E-state index < -0.39 is 0 Å². The molecule has 0 spiro atoms. The maximum atomic E-state index is 13.6. The second-order valence-electron chi connectivity index (χ2n) is 9.33. The van der Waals surface area contributed by atoms with Crippen molar-refractivity contribution >= 4 is 17.4 Å². The van der Waals surface area contributed by atoms with Crippen LogP contribution in [0.15, 0.2) is 30.5 Å². The van der Waals surface area contributed by atoms with Crippen molar-refractivity contribution in [1.82, 2.24) is 19.5 Å². The van der Waals surface area contributed by atoms with E-state index in [0.29, 0.717) is 17.9 Å². The largest absolute Gasteiger partial charge is 0.496 e. The first-order valence-corrected chi connectivity index (χ1v) is 11.8. The molecule has 2 aliphatic rings. The molecule has 0 unspecified atom stereocenters. The Bertz CT molecular complexity index is 1190. The van der Waals surface area contributed by atoms with E-state index in [-0.39, 0.29) is 18.0 Å². The number of benzene rings is 1. The van der Waals surface area contributed by atoms with Crippen molar-refractivity contribution < 1.29 is 9.53 Å². The summed E-state index contributed by atoms with van der Waals surface area (Å²) in [4.78, 5) is 22.8. The van der Waals surface area contributed by atoms with Gasteiger partial charge in [-0.2, -0.15) is 5.10 Å². The molecule has 2 aromatic heterocycles. The van der Waals surface area contributed by atoms with Crippen LogP contribution in [-0.4, -0.2) is 58.2 Å². The molecule has 0 bridgehead atoms. The van der Waals surface area contributed by atoms with Gasteiger partial charge < -0.3 is 20.3 Å². The van der Waals surface area contributed by atoms with Crippen LogP contribution in [0.5, 0.6) is 5.75 Å². The minimum absolute atomic E-state index is 0.00631. The van der Waals surface area contributed by atoms with E-state index in [4.69, 9.17) is 20.6 Å².